The third-order valence-electron chi connectivity index (χ3n) is 3.23. The van der Waals surface area contributed by atoms with Crippen molar-refractivity contribution in [1.82, 2.24) is 4.98 Å². The van der Waals surface area contributed by atoms with E-state index in [9.17, 15) is 0 Å². The number of rotatable bonds is 2. The summed E-state index contributed by atoms with van der Waals surface area (Å²) in [6, 6.07) is 10.4. The van der Waals surface area contributed by atoms with Crippen molar-refractivity contribution in [3.05, 3.63) is 45.9 Å². The van der Waals surface area contributed by atoms with E-state index in [-0.39, 0.29) is 0 Å². The number of hydrogen-bond acceptors (Lipinski definition) is 3. The highest BCUT2D eigenvalue weighted by Gasteiger charge is 2.10. The summed E-state index contributed by atoms with van der Waals surface area (Å²) in [5.74, 6) is 0.835. The fourth-order valence-corrected chi connectivity index (χ4v) is 3.97. The molecule has 3 rings (SSSR count). The Bertz CT molecular complexity index is 795. The minimum Gasteiger partial charge on any atom is -0.496 e. The molecule has 2 aromatic carbocycles. The molecule has 1 aromatic heterocycles. The van der Waals surface area contributed by atoms with Gasteiger partial charge in [-0.25, -0.2) is 4.98 Å². The van der Waals surface area contributed by atoms with E-state index in [1.54, 1.807) is 18.4 Å². The second kappa shape index (κ2) is 5.19. The van der Waals surface area contributed by atoms with Crippen LogP contribution in [0.25, 0.3) is 20.8 Å². The lowest BCUT2D eigenvalue weighted by atomic mass is 10.1. The van der Waals surface area contributed by atoms with Crippen molar-refractivity contribution >= 4 is 37.5 Å². The molecule has 0 N–H and O–H groups in total. The van der Waals surface area contributed by atoms with E-state index in [1.807, 2.05) is 12.1 Å². The number of fused-ring (bicyclic) bond motifs is 1. The van der Waals surface area contributed by atoms with Crippen LogP contribution in [0.15, 0.2) is 34.8 Å². The number of nitrogens with zero attached hydrogens (tertiary/aromatic N) is 1. The standard InChI is InChI=1S/C16H14BrNOS/c1-9-6-10(2)15-14(7-9)20-16(18-15)11-4-5-13(19-3)12(17)8-11/h4-8H,1-3H3. The number of hydrogen-bond donors (Lipinski definition) is 0. The summed E-state index contributed by atoms with van der Waals surface area (Å²) >= 11 is 5.25. The van der Waals surface area contributed by atoms with Crippen molar-refractivity contribution < 1.29 is 4.74 Å². The van der Waals surface area contributed by atoms with E-state index in [0.717, 1.165) is 26.3 Å². The first-order chi connectivity index (χ1) is 9.58. The molecule has 20 heavy (non-hydrogen) atoms. The molecule has 0 unspecified atom stereocenters. The van der Waals surface area contributed by atoms with Crippen molar-refractivity contribution in [1.29, 1.82) is 0 Å². The molecule has 0 amide bonds. The normalized spacial score (nSPS) is 11.0. The number of aromatic nitrogens is 1. The SMILES string of the molecule is COc1ccc(-c2nc3c(C)cc(C)cc3s2)cc1Br. The quantitative estimate of drug-likeness (QED) is 0.623. The number of benzene rings is 2. The lowest BCUT2D eigenvalue weighted by Gasteiger charge is -2.04. The molecular formula is C16H14BrNOS. The molecule has 2 nitrogen and oxygen atoms in total. The zero-order valence-electron chi connectivity index (χ0n) is 11.5. The van der Waals surface area contributed by atoms with Crippen molar-refractivity contribution in [2.45, 2.75) is 13.8 Å². The fourth-order valence-electron chi connectivity index (χ4n) is 2.29. The predicted molar refractivity (Wildman–Crippen MR) is 88.8 cm³/mol. The van der Waals surface area contributed by atoms with E-state index in [2.05, 4.69) is 48.0 Å². The summed E-state index contributed by atoms with van der Waals surface area (Å²) in [6.45, 7) is 4.23. The molecule has 0 saturated heterocycles. The van der Waals surface area contributed by atoms with E-state index < -0.39 is 0 Å². The molecular weight excluding hydrogens is 334 g/mol. The van der Waals surface area contributed by atoms with Gasteiger partial charge in [0.1, 0.15) is 10.8 Å². The molecule has 3 aromatic rings. The average molecular weight is 348 g/mol. The van der Waals surface area contributed by atoms with Crippen LogP contribution in [0.2, 0.25) is 0 Å². The summed E-state index contributed by atoms with van der Waals surface area (Å²) in [6.07, 6.45) is 0. The molecule has 0 aliphatic carbocycles. The zero-order valence-corrected chi connectivity index (χ0v) is 13.9. The topological polar surface area (TPSA) is 22.1 Å². The van der Waals surface area contributed by atoms with Gasteiger partial charge in [-0.1, -0.05) is 6.07 Å². The Hall–Kier alpha value is -1.39. The molecule has 0 aliphatic heterocycles. The first-order valence-electron chi connectivity index (χ1n) is 6.30. The number of aryl methyl sites for hydroxylation is 2. The predicted octanol–water partition coefficient (Wildman–Crippen LogP) is 5.35. The highest BCUT2D eigenvalue weighted by atomic mass is 79.9. The van der Waals surface area contributed by atoms with Gasteiger partial charge in [-0.2, -0.15) is 0 Å². The zero-order chi connectivity index (χ0) is 14.3. The third-order valence-corrected chi connectivity index (χ3v) is 4.90. The Morgan fingerprint density at radius 1 is 1.15 bits per heavy atom. The van der Waals surface area contributed by atoms with Gasteiger partial charge in [0.05, 0.1) is 21.8 Å². The Kier molecular flexibility index (Phi) is 3.52. The van der Waals surface area contributed by atoms with E-state index in [4.69, 9.17) is 9.72 Å². The van der Waals surface area contributed by atoms with Crippen molar-refractivity contribution in [2.75, 3.05) is 7.11 Å². The van der Waals surface area contributed by atoms with Crippen LogP contribution < -0.4 is 4.74 Å². The van der Waals surface area contributed by atoms with Crippen molar-refractivity contribution in [2.24, 2.45) is 0 Å². The molecule has 0 fully saturated rings. The number of thiazole rings is 1. The van der Waals surface area contributed by atoms with Crippen LogP contribution in [-0.4, -0.2) is 12.1 Å². The molecule has 0 aliphatic rings. The smallest absolute Gasteiger partial charge is 0.133 e. The van der Waals surface area contributed by atoms with Crippen LogP contribution in [0.5, 0.6) is 5.75 Å². The molecule has 0 saturated carbocycles. The van der Waals surface area contributed by atoms with E-state index in [0.29, 0.717) is 0 Å². The Labute approximate surface area is 130 Å². The molecule has 102 valence electrons. The van der Waals surface area contributed by atoms with Gasteiger partial charge < -0.3 is 4.74 Å². The van der Waals surface area contributed by atoms with Gasteiger partial charge in [-0.3, -0.25) is 0 Å². The second-order valence-electron chi connectivity index (χ2n) is 4.80. The van der Waals surface area contributed by atoms with Crippen molar-refractivity contribution in [3.8, 4) is 16.3 Å². The lowest BCUT2D eigenvalue weighted by Crippen LogP contribution is -1.85. The third kappa shape index (κ3) is 2.34. The largest absolute Gasteiger partial charge is 0.496 e. The Morgan fingerprint density at radius 3 is 2.65 bits per heavy atom. The van der Waals surface area contributed by atoms with E-state index >= 15 is 0 Å². The minimum atomic E-state index is 0.835. The molecule has 0 spiro atoms. The summed E-state index contributed by atoms with van der Waals surface area (Å²) in [4.78, 5) is 4.78. The van der Waals surface area contributed by atoms with Gasteiger partial charge in [0.15, 0.2) is 0 Å². The van der Waals surface area contributed by atoms with Crippen molar-refractivity contribution in [3.63, 3.8) is 0 Å². The first-order valence-corrected chi connectivity index (χ1v) is 7.91. The molecule has 4 heteroatoms. The van der Waals surface area contributed by atoms with Crippen LogP contribution in [0.1, 0.15) is 11.1 Å². The Morgan fingerprint density at radius 2 is 1.95 bits per heavy atom. The number of halogens is 1. The van der Waals surface area contributed by atoms with Gasteiger partial charge in [-0.05, 0) is 65.2 Å². The highest BCUT2D eigenvalue weighted by Crippen LogP contribution is 2.35. The Balaban J connectivity index is 2.15. The van der Waals surface area contributed by atoms with Crippen LogP contribution in [0.3, 0.4) is 0 Å². The molecule has 1 heterocycles. The second-order valence-corrected chi connectivity index (χ2v) is 6.68. The number of methoxy groups -OCH3 is 1. The maximum absolute atomic E-state index is 5.27. The summed E-state index contributed by atoms with van der Waals surface area (Å²) in [5.41, 5.74) is 4.72. The van der Waals surface area contributed by atoms with Crippen LogP contribution >= 0.6 is 27.3 Å². The maximum atomic E-state index is 5.27. The maximum Gasteiger partial charge on any atom is 0.133 e. The average Bonchev–Trinajstić information content (AvgIpc) is 2.82. The first kappa shape index (κ1) is 13.6. The van der Waals surface area contributed by atoms with Crippen LogP contribution in [0.4, 0.5) is 0 Å². The lowest BCUT2D eigenvalue weighted by molar-refractivity contribution is 0.412. The summed E-state index contributed by atoms with van der Waals surface area (Å²) in [7, 11) is 1.67. The molecule has 0 radical (unpaired) electrons. The summed E-state index contributed by atoms with van der Waals surface area (Å²) < 4.78 is 7.45. The van der Waals surface area contributed by atoms with E-state index in [1.165, 1.54) is 15.8 Å². The highest BCUT2D eigenvalue weighted by molar-refractivity contribution is 9.10. The van der Waals surface area contributed by atoms with Gasteiger partial charge in [0.25, 0.3) is 0 Å². The fraction of sp³-hybridized carbons (Fsp3) is 0.188. The minimum absolute atomic E-state index is 0.835. The molecule has 0 atom stereocenters. The monoisotopic (exact) mass is 347 g/mol. The van der Waals surface area contributed by atoms with Gasteiger partial charge in [0, 0.05) is 5.56 Å². The van der Waals surface area contributed by atoms with Gasteiger partial charge >= 0.3 is 0 Å². The summed E-state index contributed by atoms with van der Waals surface area (Å²) in [5, 5.41) is 1.04. The van der Waals surface area contributed by atoms with Gasteiger partial charge in [-0.15, -0.1) is 11.3 Å². The number of ether oxygens (including phenoxy) is 1. The van der Waals surface area contributed by atoms with Crippen LogP contribution in [0, 0.1) is 13.8 Å². The molecule has 0 bridgehead atoms. The van der Waals surface area contributed by atoms with Crippen LogP contribution in [-0.2, 0) is 0 Å². The van der Waals surface area contributed by atoms with Gasteiger partial charge in [0.2, 0.25) is 0 Å².